The number of anilines is 2. The molecule has 59 heavy (non-hydrogen) atoms. The average Bonchev–Trinajstić information content (AvgIpc) is 3.55. The molecule has 4 nitrogen and oxygen atoms in total. The fraction of sp³-hybridized carbons (Fsp3) is 0.236. The summed E-state index contributed by atoms with van der Waals surface area (Å²) < 4.78 is 11.7. The van der Waals surface area contributed by atoms with Crippen LogP contribution in [0.3, 0.4) is 0 Å². The number of hydrogen-bond donors (Lipinski definition) is 2. The van der Waals surface area contributed by atoms with Gasteiger partial charge in [-0.25, -0.2) is 0 Å². The minimum absolute atomic E-state index is 0.0598. The van der Waals surface area contributed by atoms with E-state index in [1.165, 1.54) is 35.1 Å². The van der Waals surface area contributed by atoms with Gasteiger partial charge in [-0.2, -0.15) is 0 Å². The highest BCUT2D eigenvalue weighted by Gasteiger charge is 2.42. The zero-order valence-corrected chi connectivity index (χ0v) is 34.5. The summed E-state index contributed by atoms with van der Waals surface area (Å²) >= 11 is 0. The molecule has 0 amide bonds. The fourth-order valence-electron chi connectivity index (χ4n) is 7.85. The zero-order valence-electron chi connectivity index (χ0n) is 34.5. The molecule has 0 fully saturated rings. The Morgan fingerprint density at radius 2 is 0.966 bits per heavy atom. The molecule has 4 heteroatoms. The third-order valence-electron chi connectivity index (χ3n) is 11.0. The monoisotopic (exact) mass is 774 g/mol. The molecule has 0 saturated heterocycles. The van der Waals surface area contributed by atoms with Gasteiger partial charge in [-0.15, -0.1) is 0 Å². The second kappa shape index (κ2) is 20.2. The quantitative estimate of drug-likeness (QED) is 0.0715. The molecule has 0 spiro atoms. The number of nitrogens with one attached hydrogen (secondary N) is 2. The van der Waals surface area contributed by atoms with Crippen LogP contribution in [0.1, 0.15) is 91.3 Å². The molecule has 0 atom stereocenters. The molecule has 0 heterocycles. The molecule has 6 aromatic carbocycles. The number of unbranched alkanes of at least 4 members (excludes halogenated alkanes) is 2. The van der Waals surface area contributed by atoms with Gasteiger partial charge in [0.2, 0.25) is 0 Å². The van der Waals surface area contributed by atoms with E-state index in [-0.39, 0.29) is 5.41 Å². The predicted molar refractivity (Wildman–Crippen MR) is 247 cm³/mol. The summed E-state index contributed by atoms with van der Waals surface area (Å²) in [6, 6.07) is 48.3. The molecule has 7 rings (SSSR count). The Morgan fingerprint density at radius 3 is 1.42 bits per heavy atom. The highest BCUT2D eigenvalue weighted by atomic mass is 16.5. The van der Waals surface area contributed by atoms with E-state index in [0.717, 1.165) is 82.9 Å². The van der Waals surface area contributed by atoms with Crippen molar-refractivity contribution >= 4 is 17.5 Å². The van der Waals surface area contributed by atoms with Crippen LogP contribution in [0, 0.1) is 23.7 Å². The highest BCUT2D eigenvalue weighted by Crippen LogP contribution is 2.54. The number of hydrogen-bond acceptors (Lipinski definition) is 4. The normalized spacial score (nSPS) is 11.8. The van der Waals surface area contributed by atoms with Crippen molar-refractivity contribution in [2.24, 2.45) is 0 Å². The fourth-order valence-corrected chi connectivity index (χ4v) is 7.85. The number of benzene rings is 6. The van der Waals surface area contributed by atoms with Crippen molar-refractivity contribution in [3.8, 4) is 46.3 Å². The second-order valence-electron chi connectivity index (χ2n) is 15.1. The molecular formula is C55H54N2O2. The predicted octanol–water partition coefficient (Wildman–Crippen LogP) is 12.8. The van der Waals surface area contributed by atoms with Gasteiger partial charge in [0.1, 0.15) is 24.7 Å². The summed E-state index contributed by atoms with van der Waals surface area (Å²) in [4.78, 5) is 0. The Labute approximate surface area is 351 Å². The molecule has 0 radical (unpaired) electrons. The molecule has 296 valence electrons. The van der Waals surface area contributed by atoms with Crippen LogP contribution in [-0.4, -0.2) is 26.3 Å². The van der Waals surface area contributed by atoms with E-state index < -0.39 is 0 Å². The molecule has 0 aromatic heterocycles. The van der Waals surface area contributed by atoms with Crippen LogP contribution in [0.5, 0.6) is 11.5 Å². The number of ether oxygens (including phenoxy) is 2. The lowest BCUT2D eigenvalue weighted by molar-refractivity contribution is 0.333. The van der Waals surface area contributed by atoms with E-state index in [9.17, 15) is 0 Å². The van der Waals surface area contributed by atoms with Crippen LogP contribution >= 0.6 is 0 Å². The van der Waals surface area contributed by atoms with Crippen molar-refractivity contribution < 1.29 is 9.47 Å². The van der Waals surface area contributed by atoms with Crippen LogP contribution in [0.2, 0.25) is 0 Å². The Bertz CT molecular complexity index is 2420. The average molecular weight is 775 g/mol. The molecule has 0 unspecified atom stereocenters. The van der Waals surface area contributed by atoms with Crippen molar-refractivity contribution in [2.75, 3.05) is 36.9 Å². The molecule has 1 aliphatic carbocycles. The Kier molecular flexibility index (Phi) is 13.9. The van der Waals surface area contributed by atoms with Crippen molar-refractivity contribution in [3.05, 3.63) is 185 Å². The van der Waals surface area contributed by atoms with Crippen LogP contribution in [-0.2, 0) is 5.41 Å². The third-order valence-corrected chi connectivity index (χ3v) is 11.0. The molecule has 0 bridgehead atoms. The first-order valence-corrected chi connectivity index (χ1v) is 21.1. The van der Waals surface area contributed by atoms with Gasteiger partial charge < -0.3 is 20.1 Å². The molecule has 1 aliphatic rings. The lowest BCUT2D eigenvalue weighted by atomic mass is 9.70. The SMILES string of the molecule is C=Cc1ccc(OCCNc2ccc(C#Cc3ccc4c(c3)C(CCCC)(CCCC)c3cc(C#Cc5ccc(NCCOc6ccccc6)cc5)ccc3-4)cc2)cc1. The van der Waals surface area contributed by atoms with Crippen molar-refractivity contribution in [3.63, 3.8) is 0 Å². The van der Waals surface area contributed by atoms with Gasteiger partial charge in [-0.1, -0.05) is 118 Å². The summed E-state index contributed by atoms with van der Waals surface area (Å²) in [6.45, 7) is 11.0. The van der Waals surface area contributed by atoms with Gasteiger partial charge in [0.25, 0.3) is 0 Å². The van der Waals surface area contributed by atoms with Crippen molar-refractivity contribution in [1.82, 2.24) is 0 Å². The van der Waals surface area contributed by atoms with Gasteiger partial charge in [0.05, 0.1) is 0 Å². The van der Waals surface area contributed by atoms with E-state index in [0.29, 0.717) is 19.8 Å². The summed E-state index contributed by atoms with van der Waals surface area (Å²) in [6.07, 6.45) is 8.71. The smallest absolute Gasteiger partial charge is 0.119 e. The maximum absolute atomic E-state index is 5.88. The summed E-state index contributed by atoms with van der Waals surface area (Å²) in [5.74, 6) is 15.6. The summed E-state index contributed by atoms with van der Waals surface area (Å²) in [5, 5.41) is 6.89. The van der Waals surface area contributed by atoms with Crippen LogP contribution in [0.4, 0.5) is 11.4 Å². The minimum atomic E-state index is -0.0598. The van der Waals surface area contributed by atoms with Crippen molar-refractivity contribution in [2.45, 2.75) is 57.8 Å². The van der Waals surface area contributed by atoms with Crippen LogP contribution in [0.15, 0.2) is 146 Å². The van der Waals surface area contributed by atoms with Gasteiger partial charge >= 0.3 is 0 Å². The Balaban J connectivity index is 1.03. The standard InChI is InChI=1S/C55H54N2O2/c1-4-7-34-55(35-8-5-2)53-40-45(16-14-43-18-26-47(27-19-43)56-36-38-58-49-12-10-9-11-13-49)24-32-51(53)52-33-25-46(41-54(52)55)17-15-44-20-28-48(29-21-44)57-37-39-59-50-30-22-42(6-3)23-31-50/h6,9-13,18-33,40-41,56-57H,3-5,7-8,34-39H2,1-2H3. The van der Waals surface area contributed by atoms with E-state index in [1.807, 2.05) is 60.7 Å². The first-order chi connectivity index (χ1) is 29.1. The molecule has 0 saturated carbocycles. The molecule has 0 aliphatic heterocycles. The minimum Gasteiger partial charge on any atom is -0.492 e. The Morgan fingerprint density at radius 1 is 0.525 bits per heavy atom. The molecule has 6 aromatic rings. The lowest BCUT2D eigenvalue weighted by Crippen LogP contribution is -2.25. The number of para-hydroxylation sites is 1. The highest BCUT2D eigenvalue weighted by molar-refractivity contribution is 5.82. The topological polar surface area (TPSA) is 42.5 Å². The van der Waals surface area contributed by atoms with Gasteiger partial charge in [-0.3, -0.25) is 0 Å². The first-order valence-electron chi connectivity index (χ1n) is 21.1. The van der Waals surface area contributed by atoms with Crippen LogP contribution < -0.4 is 20.1 Å². The maximum atomic E-state index is 5.88. The number of fused-ring (bicyclic) bond motifs is 3. The van der Waals surface area contributed by atoms with E-state index in [1.54, 1.807) is 0 Å². The second-order valence-corrected chi connectivity index (χ2v) is 15.1. The maximum Gasteiger partial charge on any atom is 0.119 e. The van der Waals surface area contributed by atoms with Gasteiger partial charge in [0.15, 0.2) is 0 Å². The third kappa shape index (κ3) is 10.5. The van der Waals surface area contributed by atoms with Gasteiger partial charge in [0, 0.05) is 52.1 Å². The Hall–Kier alpha value is -6.62. The molecular weight excluding hydrogens is 721 g/mol. The lowest BCUT2D eigenvalue weighted by Gasteiger charge is -2.33. The number of rotatable bonds is 17. The van der Waals surface area contributed by atoms with E-state index in [4.69, 9.17) is 9.47 Å². The molecule has 2 N–H and O–H groups in total. The van der Waals surface area contributed by atoms with E-state index in [2.05, 4.69) is 140 Å². The summed E-state index contributed by atoms with van der Waals surface area (Å²) in [7, 11) is 0. The first kappa shape index (κ1) is 40.6. The van der Waals surface area contributed by atoms with E-state index >= 15 is 0 Å². The zero-order chi connectivity index (χ0) is 40.7. The largest absolute Gasteiger partial charge is 0.492 e. The van der Waals surface area contributed by atoms with Gasteiger partial charge in [-0.05, 0) is 138 Å². The van der Waals surface area contributed by atoms with Crippen molar-refractivity contribution in [1.29, 1.82) is 0 Å². The van der Waals surface area contributed by atoms with Crippen LogP contribution in [0.25, 0.3) is 17.2 Å². The summed E-state index contributed by atoms with van der Waals surface area (Å²) in [5.41, 5.74) is 12.7.